The fraction of sp³-hybridized carbons (Fsp3) is 0.0345. The average molecular weight is 399 g/mol. The van der Waals surface area contributed by atoms with Crippen LogP contribution in [0.1, 0.15) is 27.0 Å². The SMILES string of the molecule is O=C(c1ccccc1)c1c(-c2ccccc2)nc2ccccc2c1Cc1ccccc1. The molecule has 0 N–H and O–H groups in total. The zero-order valence-corrected chi connectivity index (χ0v) is 17.0. The summed E-state index contributed by atoms with van der Waals surface area (Å²) in [7, 11) is 0. The van der Waals surface area contributed by atoms with Crippen LogP contribution in [0.25, 0.3) is 22.2 Å². The summed E-state index contributed by atoms with van der Waals surface area (Å²) in [5.74, 6) is 0.00337. The first-order valence-corrected chi connectivity index (χ1v) is 10.4. The van der Waals surface area contributed by atoms with Gasteiger partial charge in [-0.3, -0.25) is 4.79 Å². The number of para-hydroxylation sites is 1. The van der Waals surface area contributed by atoms with Crippen LogP contribution in [0.2, 0.25) is 0 Å². The summed E-state index contributed by atoms with van der Waals surface area (Å²) < 4.78 is 0. The van der Waals surface area contributed by atoms with Gasteiger partial charge in [0.25, 0.3) is 0 Å². The zero-order chi connectivity index (χ0) is 21.0. The molecule has 2 heteroatoms. The van der Waals surface area contributed by atoms with Gasteiger partial charge in [-0.2, -0.15) is 0 Å². The summed E-state index contributed by atoms with van der Waals surface area (Å²) in [6.07, 6.45) is 0.664. The molecular weight excluding hydrogens is 378 g/mol. The number of carbonyl (C=O) groups is 1. The van der Waals surface area contributed by atoms with E-state index in [9.17, 15) is 4.79 Å². The molecule has 5 rings (SSSR count). The first-order valence-electron chi connectivity index (χ1n) is 10.4. The minimum atomic E-state index is 0.00337. The Morgan fingerprint density at radius 1 is 0.645 bits per heavy atom. The molecule has 2 nitrogen and oxygen atoms in total. The van der Waals surface area contributed by atoms with Crippen molar-refractivity contribution in [3.8, 4) is 11.3 Å². The Labute approximate surface area is 181 Å². The van der Waals surface area contributed by atoms with Gasteiger partial charge in [0.05, 0.1) is 16.8 Å². The van der Waals surface area contributed by atoms with Crippen LogP contribution in [0, 0.1) is 0 Å². The van der Waals surface area contributed by atoms with E-state index in [-0.39, 0.29) is 5.78 Å². The van der Waals surface area contributed by atoms with E-state index in [1.807, 2.05) is 97.1 Å². The molecule has 0 saturated heterocycles. The molecule has 0 unspecified atom stereocenters. The number of benzene rings is 4. The van der Waals surface area contributed by atoms with E-state index in [0.29, 0.717) is 17.5 Å². The van der Waals surface area contributed by atoms with Gasteiger partial charge in [-0.1, -0.05) is 109 Å². The largest absolute Gasteiger partial charge is 0.289 e. The van der Waals surface area contributed by atoms with Crippen LogP contribution in [0.15, 0.2) is 115 Å². The second-order valence-corrected chi connectivity index (χ2v) is 7.55. The van der Waals surface area contributed by atoms with Gasteiger partial charge in [0.15, 0.2) is 5.78 Å². The number of fused-ring (bicyclic) bond motifs is 1. The van der Waals surface area contributed by atoms with Crippen molar-refractivity contribution in [3.05, 3.63) is 138 Å². The highest BCUT2D eigenvalue weighted by Gasteiger charge is 2.23. The van der Waals surface area contributed by atoms with Crippen molar-refractivity contribution in [2.45, 2.75) is 6.42 Å². The van der Waals surface area contributed by atoms with Gasteiger partial charge < -0.3 is 0 Å². The summed E-state index contributed by atoms with van der Waals surface area (Å²) in [5.41, 5.74) is 6.12. The molecule has 1 heterocycles. The van der Waals surface area contributed by atoms with Gasteiger partial charge in [-0.15, -0.1) is 0 Å². The molecule has 0 fully saturated rings. The van der Waals surface area contributed by atoms with Crippen LogP contribution < -0.4 is 0 Å². The van der Waals surface area contributed by atoms with Crippen molar-refractivity contribution >= 4 is 16.7 Å². The van der Waals surface area contributed by atoms with Crippen LogP contribution >= 0.6 is 0 Å². The molecule has 31 heavy (non-hydrogen) atoms. The summed E-state index contributed by atoms with van der Waals surface area (Å²) in [6.45, 7) is 0. The monoisotopic (exact) mass is 399 g/mol. The average Bonchev–Trinajstić information content (AvgIpc) is 2.85. The van der Waals surface area contributed by atoms with Crippen molar-refractivity contribution in [1.82, 2.24) is 4.98 Å². The number of nitrogens with zero attached hydrogens (tertiary/aromatic N) is 1. The molecule has 0 saturated carbocycles. The maximum Gasteiger partial charge on any atom is 0.195 e. The minimum absolute atomic E-state index is 0.00337. The molecule has 148 valence electrons. The maximum absolute atomic E-state index is 13.9. The number of hydrogen-bond donors (Lipinski definition) is 0. The highest BCUT2D eigenvalue weighted by molar-refractivity contribution is 6.15. The Kier molecular flexibility index (Phi) is 5.12. The normalized spacial score (nSPS) is 10.8. The zero-order valence-electron chi connectivity index (χ0n) is 17.0. The van der Waals surface area contributed by atoms with Gasteiger partial charge >= 0.3 is 0 Å². The van der Waals surface area contributed by atoms with Gasteiger partial charge in [-0.25, -0.2) is 4.98 Å². The van der Waals surface area contributed by atoms with Gasteiger partial charge in [0.2, 0.25) is 0 Å². The summed E-state index contributed by atoms with van der Waals surface area (Å²) in [4.78, 5) is 18.8. The summed E-state index contributed by atoms with van der Waals surface area (Å²) >= 11 is 0. The molecule has 0 aliphatic heterocycles. The third kappa shape index (κ3) is 3.76. The van der Waals surface area contributed by atoms with Crippen molar-refractivity contribution in [3.63, 3.8) is 0 Å². The third-order valence-electron chi connectivity index (χ3n) is 5.53. The fourth-order valence-corrected chi connectivity index (χ4v) is 4.05. The van der Waals surface area contributed by atoms with Crippen LogP contribution in [-0.4, -0.2) is 10.8 Å². The Bertz CT molecular complexity index is 1340. The van der Waals surface area contributed by atoms with Crippen molar-refractivity contribution in [2.24, 2.45) is 0 Å². The lowest BCUT2D eigenvalue weighted by molar-refractivity contribution is 0.103. The second-order valence-electron chi connectivity index (χ2n) is 7.55. The molecular formula is C29H21NO. The lowest BCUT2D eigenvalue weighted by atomic mass is 9.88. The Hall–Kier alpha value is -4.04. The van der Waals surface area contributed by atoms with Crippen LogP contribution in [0.3, 0.4) is 0 Å². The quantitative estimate of drug-likeness (QED) is 0.307. The number of rotatable bonds is 5. The van der Waals surface area contributed by atoms with E-state index >= 15 is 0 Å². The Morgan fingerprint density at radius 2 is 1.23 bits per heavy atom. The van der Waals surface area contributed by atoms with Crippen molar-refractivity contribution < 1.29 is 4.79 Å². The predicted octanol–water partition coefficient (Wildman–Crippen LogP) is 6.72. The molecule has 5 aromatic rings. The highest BCUT2D eigenvalue weighted by atomic mass is 16.1. The third-order valence-corrected chi connectivity index (χ3v) is 5.53. The van der Waals surface area contributed by atoms with Crippen molar-refractivity contribution in [2.75, 3.05) is 0 Å². The Balaban J connectivity index is 1.83. The molecule has 1 aromatic heterocycles. The molecule has 0 bridgehead atoms. The van der Waals surface area contributed by atoms with Crippen LogP contribution in [0.5, 0.6) is 0 Å². The first-order chi connectivity index (χ1) is 15.3. The van der Waals surface area contributed by atoms with E-state index in [1.165, 1.54) is 5.56 Å². The fourth-order valence-electron chi connectivity index (χ4n) is 4.05. The van der Waals surface area contributed by atoms with Crippen LogP contribution in [-0.2, 0) is 6.42 Å². The standard InChI is InChI=1S/C29H21NO/c31-29(23-16-8-3-9-17-23)27-25(20-21-12-4-1-5-13-21)24-18-10-11-19-26(24)30-28(27)22-14-6-2-7-15-22/h1-19H,20H2. The second kappa shape index (κ2) is 8.37. The van der Waals surface area contributed by atoms with E-state index < -0.39 is 0 Å². The molecule has 0 atom stereocenters. The van der Waals surface area contributed by atoms with E-state index in [2.05, 4.69) is 18.2 Å². The minimum Gasteiger partial charge on any atom is -0.289 e. The number of hydrogen-bond acceptors (Lipinski definition) is 2. The van der Waals surface area contributed by atoms with E-state index in [4.69, 9.17) is 4.98 Å². The lowest BCUT2D eigenvalue weighted by Gasteiger charge is -2.17. The molecule has 0 radical (unpaired) electrons. The van der Waals surface area contributed by atoms with Gasteiger partial charge in [0, 0.05) is 16.5 Å². The number of carbonyl (C=O) groups excluding carboxylic acids is 1. The van der Waals surface area contributed by atoms with E-state index in [0.717, 1.165) is 27.7 Å². The maximum atomic E-state index is 13.9. The summed E-state index contributed by atoms with van der Waals surface area (Å²) in [6, 6.07) is 37.9. The van der Waals surface area contributed by atoms with Gasteiger partial charge in [0.1, 0.15) is 0 Å². The van der Waals surface area contributed by atoms with E-state index in [1.54, 1.807) is 0 Å². The number of ketones is 1. The lowest BCUT2D eigenvalue weighted by Crippen LogP contribution is -2.11. The van der Waals surface area contributed by atoms with Crippen LogP contribution in [0.4, 0.5) is 0 Å². The molecule has 4 aromatic carbocycles. The molecule has 0 amide bonds. The molecule has 0 spiro atoms. The van der Waals surface area contributed by atoms with Crippen molar-refractivity contribution in [1.29, 1.82) is 0 Å². The first kappa shape index (κ1) is 19.0. The highest BCUT2D eigenvalue weighted by Crippen LogP contribution is 2.33. The number of pyridine rings is 1. The molecule has 0 aliphatic carbocycles. The Morgan fingerprint density at radius 3 is 1.94 bits per heavy atom. The topological polar surface area (TPSA) is 30.0 Å². The predicted molar refractivity (Wildman–Crippen MR) is 126 cm³/mol. The smallest absolute Gasteiger partial charge is 0.195 e. The summed E-state index contributed by atoms with van der Waals surface area (Å²) in [5, 5.41) is 1.02. The molecule has 0 aliphatic rings. The van der Waals surface area contributed by atoms with Gasteiger partial charge in [-0.05, 0) is 23.6 Å². The number of aromatic nitrogens is 1.